The van der Waals surface area contributed by atoms with Crippen LogP contribution in [0, 0.1) is 6.92 Å². The van der Waals surface area contributed by atoms with Crippen LogP contribution in [0.15, 0.2) is 34.3 Å². The number of rotatable bonds is 6. The molecule has 1 aromatic heterocycles. The first-order chi connectivity index (χ1) is 16.5. The summed E-state index contributed by atoms with van der Waals surface area (Å²) in [5, 5.41) is 14.1. The van der Waals surface area contributed by atoms with Crippen LogP contribution >= 0.6 is 11.6 Å². The Morgan fingerprint density at radius 1 is 1.31 bits per heavy atom. The number of benzene rings is 1. The van der Waals surface area contributed by atoms with Crippen molar-refractivity contribution >= 4 is 39.2 Å². The molecule has 188 valence electrons. The number of aromatic amines is 1. The molecule has 3 heterocycles. The van der Waals surface area contributed by atoms with E-state index in [1.807, 2.05) is 13.8 Å². The van der Waals surface area contributed by atoms with Crippen molar-refractivity contribution in [1.29, 1.82) is 0 Å². The van der Waals surface area contributed by atoms with E-state index in [0.717, 1.165) is 11.9 Å². The zero-order valence-corrected chi connectivity index (χ0v) is 21.2. The lowest BCUT2D eigenvalue weighted by atomic mass is 9.82. The van der Waals surface area contributed by atoms with Crippen molar-refractivity contribution in [3.05, 3.63) is 46.2 Å². The van der Waals surface area contributed by atoms with Crippen molar-refractivity contribution in [2.45, 2.75) is 43.2 Å². The summed E-state index contributed by atoms with van der Waals surface area (Å²) in [5.74, 6) is -0.246. The van der Waals surface area contributed by atoms with Crippen LogP contribution in [0.4, 0.5) is 4.79 Å². The molecule has 13 heteroatoms. The van der Waals surface area contributed by atoms with Crippen LogP contribution in [-0.4, -0.2) is 78.8 Å². The topological polar surface area (TPSA) is 146 Å². The smallest absolute Gasteiger partial charge is 0.428 e. The number of nitrogens with zero attached hydrogens (tertiary/aromatic N) is 3. The first kappa shape index (κ1) is 25.1. The van der Waals surface area contributed by atoms with Gasteiger partial charge in [-0.3, -0.25) is 9.89 Å². The van der Waals surface area contributed by atoms with Crippen LogP contribution in [0.25, 0.3) is 0 Å². The molecule has 2 aliphatic rings. The summed E-state index contributed by atoms with van der Waals surface area (Å²) >= 11 is 6.43. The fraction of sp³-hybridized carbons (Fsp3) is 0.455. The molecule has 2 aromatic rings. The van der Waals surface area contributed by atoms with E-state index in [-0.39, 0.29) is 21.9 Å². The van der Waals surface area contributed by atoms with Crippen molar-refractivity contribution in [1.82, 2.24) is 25.8 Å². The monoisotopic (exact) mass is 522 g/mol. The molecule has 3 N–H and O–H groups in total. The average Bonchev–Trinajstić information content (AvgIpc) is 3.22. The number of halogens is 1. The molecule has 2 amide bonds. The molecule has 0 saturated carbocycles. The number of sulfone groups is 1. The highest BCUT2D eigenvalue weighted by Gasteiger charge is 2.46. The van der Waals surface area contributed by atoms with Crippen LogP contribution in [0.2, 0.25) is 5.02 Å². The van der Waals surface area contributed by atoms with Gasteiger partial charge in [-0.25, -0.2) is 18.6 Å². The number of hydrogen-bond acceptors (Lipinski definition) is 8. The Hall–Kier alpha value is -2.96. The fourth-order valence-electron chi connectivity index (χ4n) is 4.38. The number of likely N-dealkylation sites (tertiary alicyclic amines) is 1. The first-order valence-corrected chi connectivity index (χ1v) is 13.4. The molecule has 11 nitrogen and oxygen atoms in total. The third kappa shape index (κ3) is 5.49. The van der Waals surface area contributed by atoms with Crippen LogP contribution in [0.5, 0.6) is 0 Å². The molecule has 35 heavy (non-hydrogen) atoms. The predicted molar refractivity (Wildman–Crippen MR) is 129 cm³/mol. The summed E-state index contributed by atoms with van der Waals surface area (Å²) in [5.41, 5.74) is 3.45. The van der Waals surface area contributed by atoms with E-state index in [0.29, 0.717) is 49.4 Å². The second-order valence-electron chi connectivity index (χ2n) is 8.98. The van der Waals surface area contributed by atoms with Crippen molar-refractivity contribution in [2.75, 3.05) is 25.9 Å². The predicted octanol–water partition coefficient (Wildman–Crippen LogP) is 1.87. The van der Waals surface area contributed by atoms with Gasteiger partial charge >= 0.3 is 6.09 Å². The normalized spacial score (nSPS) is 19.0. The van der Waals surface area contributed by atoms with Gasteiger partial charge in [0, 0.05) is 56.0 Å². The summed E-state index contributed by atoms with van der Waals surface area (Å²) in [6.45, 7) is 5.53. The highest BCUT2D eigenvalue weighted by Crippen LogP contribution is 2.35. The molecule has 0 radical (unpaired) electrons. The van der Waals surface area contributed by atoms with Crippen LogP contribution in [-0.2, 0) is 14.6 Å². The van der Waals surface area contributed by atoms with Crippen LogP contribution < -0.4 is 10.7 Å². The van der Waals surface area contributed by atoms with Gasteiger partial charge in [-0.15, -0.1) is 0 Å². The van der Waals surface area contributed by atoms with E-state index in [4.69, 9.17) is 16.3 Å². The molecule has 0 aliphatic carbocycles. The summed E-state index contributed by atoms with van der Waals surface area (Å²) in [7, 11) is -3.43. The van der Waals surface area contributed by atoms with Gasteiger partial charge in [-0.05, 0) is 32.0 Å². The number of carbonyl (C=O) groups is 2. The number of H-pyrrole nitrogens is 1. The Kier molecular flexibility index (Phi) is 6.89. The molecular formula is C22H27ClN6O5S. The fourth-order valence-corrected chi connectivity index (χ4v) is 5.36. The number of piperidine rings is 1. The number of ether oxygens (including phenoxy) is 1. The van der Waals surface area contributed by atoms with Crippen molar-refractivity contribution in [3.8, 4) is 0 Å². The molecule has 1 fully saturated rings. The van der Waals surface area contributed by atoms with Crippen LogP contribution in [0.3, 0.4) is 0 Å². The third-order valence-electron chi connectivity index (χ3n) is 6.11. The van der Waals surface area contributed by atoms with E-state index in [9.17, 15) is 18.0 Å². The quantitative estimate of drug-likeness (QED) is 0.525. The maximum Gasteiger partial charge on any atom is 0.428 e. The number of amides is 2. The SMILES string of the molecule is Cc1cc(C(=O)N[C@@H](C)CN2CCC3(CC2)OC(=O)NN=C3c2ccc(S(C)(=O)=O)cc2Cl)n[nH]1. The molecule has 0 unspecified atom stereocenters. The Balaban J connectivity index is 1.45. The molecule has 1 spiro atoms. The van der Waals surface area contributed by atoms with Crippen molar-refractivity contribution < 1.29 is 22.7 Å². The number of aromatic nitrogens is 2. The van der Waals surface area contributed by atoms with Crippen molar-refractivity contribution in [2.24, 2.45) is 5.10 Å². The van der Waals surface area contributed by atoms with Gasteiger partial charge in [-0.2, -0.15) is 10.2 Å². The zero-order chi connectivity index (χ0) is 25.4. The van der Waals surface area contributed by atoms with Gasteiger partial charge in [0.25, 0.3) is 5.91 Å². The standard InChI is InChI=1S/C22H27ClN6O5S/c1-13-10-18(26-25-13)20(30)24-14(2)12-29-8-6-22(7-9-29)19(27-28-21(31)34-22)16-5-4-15(11-17(16)23)35(3,32)33/h4-5,10-11,14H,6-9,12H2,1-3H3,(H,24,30)(H,25,26)(H,28,31)/t14-/m0/s1. The molecule has 2 aliphatic heterocycles. The van der Waals surface area contributed by atoms with Gasteiger partial charge in [0.05, 0.1) is 9.92 Å². The van der Waals surface area contributed by atoms with Gasteiger partial charge in [0.2, 0.25) is 0 Å². The van der Waals surface area contributed by atoms with E-state index < -0.39 is 21.5 Å². The summed E-state index contributed by atoms with van der Waals surface area (Å²) in [6.07, 6.45) is 1.38. The Morgan fingerprint density at radius 3 is 2.63 bits per heavy atom. The number of nitrogens with one attached hydrogen (secondary N) is 3. The molecular weight excluding hydrogens is 496 g/mol. The minimum atomic E-state index is -3.43. The highest BCUT2D eigenvalue weighted by atomic mass is 35.5. The van der Waals surface area contributed by atoms with E-state index in [2.05, 4.69) is 30.9 Å². The number of carbonyl (C=O) groups excluding carboxylic acids is 2. The largest absolute Gasteiger partial charge is 0.435 e. The summed E-state index contributed by atoms with van der Waals surface area (Å²) < 4.78 is 29.5. The average molecular weight is 523 g/mol. The molecule has 0 bridgehead atoms. The maximum atomic E-state index is 12.4. The Labute approximate surface area is 208 Å². The van der Waals surface area contributed by atoms with E-state index in [1.165, 1.54) is 12.1 Å². The number of aryl methyl sites for hydroxylation is 1. The van der Waals surface area contributed by atoms with Gasteiger partial charge in [0.15, 0.2) is 15.4 Å². The summed E-state index contributed by atoms with van der Waals surface area (Å²) in [4.78, 5) is 26.7. The van der Waals surface area contributed by atoms with Gasteiger partial charge < -0.3 is 15.0 Å². The molecule has 1 atom stereocenters. The Morgan fingerprint density at radius 2 is 2.03 bits per heavy atom. The first-order valence-electron chi connectivity index (χ1n) is 11.1. The second kappa shape index (κ2) is 9.59. The number of hydrogen-bond donors (Lipinski definition) is 3. The van der Waals surface area contributed by atoms with Gasteiger partial charge in [0.1, 0.15) is 11.4 Å². The maximum absolute atomic E-state index is 12.4. The summed E-state index contributed by atoms with van der Waals surface area (Å²) in [6, 6.07) is 5.98. The number of hydrazone groups is 1. The molecule has 1 aromatic carbocycles. The van der Waals surface area contributed by atoms with E-state index in [1.54, 1.807) is 12.1 Å². The molecule has 4 rings (SSSR count). The minimum Gasteiger partial charge on any atom is -0.435 e. The highest BCUT2D eigenvalue weighted by molar-refractivity contribution is 7.90. The second-order valence-corrected chi connectivity index (χ2v) is 11.4. The van der Waals surface area contributed by atoms with Crippen molar-refractivity contribution in [3.63, 3.8) is 0 Å². The van der Waals surface area contributed by atoms with Crippen LogP contribution in [0.1, 0.15) is 41.5 Å². The zero-order valence-electron chi connectivity index (χ0n) is 19.6. The van der Waals surface area contributed by atoms with Gasteiger partial charge in [-0.1, -0.05) is 17.7 Å². The Bertz CT molecular complexity index is 1280. The lowest BCUT2D eigenvalue weighted by molar-refractivity contribution is 0.00488. The van der Waals surface area contributed by atoms with E-state index >= 15 is 0 Å². The minimum absolute atomic E-state index is 0.0949. The third-order valence-corrected chi connectivity index (χ3v) is 7.54. The molecule has 1 saturated heterocycles. The lowest BCUT2D eigenvalue weighted by Crippen LogP contribution is -2.57. The lowest BCUT2D eigenvalue weighted by Gasteiger charge is -2.43.